The Bertz CT molecular complexity index is 547. The van der Waals surface area contributed by atoms with E-state index in [9.17, 15) is 5.11 Å². The topological polar surface area (TPSA) is 45.4 Å². The molecular weight excluding hydrogens is 226 g/mol. The molecular formula is C15H17NO2. The molecule has 2 unspecified atom stereocenters. The summed E-state index contributed by atoms with van der Waals surface area (Å²) >= 11 is 0. The van der Waals surface area contributed by atoms with Gasteiger partial charge < -0.3 is 14.8 Å². The summed E-state index contributed by atoms with van der Waals surface area (Å²) in [4.78, 5) is 0. The van der Waals surface area contributed by atoms with E-state index in [1.165, 1.54) is 11.1 Å². The average Bonchev–Trinajstić information content (AvgIpc) is 2.90. The maximum Gasteiger partial charge on any atom is 0.120 e. The average molecular weight is 243 g/mol. The van der Waals surface area contributed by atoms with Gasteiger partial charge in [0.05, 0.1) is 25.0 Å². The zero-order valence-electron chi connectivity index (χ0n) is 10.4. The normalized spacial score (nSPS) is 22.1. The molecule has 0 amide bonds. The molecule has 0 fully saturated rings. The van der Waals surface area contributed by atoms with Gasteiger partial charge in [-0.3, -0.25) is 0 Å². The predicted octanol–water partition coefficient (Wildman–Crippen LogP) is 2.34. The van der Waals surface area contributed by atoms with Crippen LogP contribution in [0.2, 0.25) is 0 Å². The van der Waals surface area contributed by atoms with Crippen molar-refractivity contribution >= 4 is 0 Å². The Morgan fingerprint density at radius 2 is 2.17 bits per heavy atom. The lowest BCUT2D eigenvalue weighted by atomic mass is 10.1. The quantitative estimate of drug-likeness (QED) is 0.869. The highest BCUT2D eigenvalue weighted by Crippen LogP contribution is 2.31. The van der Waals surface area contributed by atoms with E-state index in [0.29, 0.717) is 6.54 Å². The van der Waals surface area contributed by atoms with Crippen LogP contribution in [0.4, 0.5) is 0 Å². The number of hydrogen-bond acceptors (Lipinski definition) is 3. The van der Waals surface area contributed by atoms with Gasteiger partial charge in [0.25, 0.3) is 0 Å². The van der Waals surface area contributed by atoms with Crippen LogP contribution in [0.15, 0.2) is 41.0 Å². The van der Waals surface area contributed by atoms with Gasteiger partial charge in [-0.2, -0.15) is 0 Å². The van der Waals surface area contributed by atoms with Gasteiger partial charge in [0.15, 0.2) is 0 Å². The molecule has 1 heterocycles. The fraction of sp³-hybridized carbons (Fsp3) is 0.333. The number of benzene rings is 1. The Balaban J connectivity index is 1.75. The highest BCUT2D eigenvalue weighted by atomic mass is 16.3. The van der Waals surface area contributed by atoms with E-state index < -0.39 is 0 Å². The second-order valence-electron chi connectivity index (χ2n) is 4.86. The van der Waals surface area contributed by atoms with Crippen molar-refractivity contribution in [1.29, 1.82) is 0 Å². The molecule has 2 aromatic rings. The van der Waals surface area contributed by atoms with Gasteiger partial charge in [0, 0.05) is 6.42 Å². The maximum atomic E-state index is 10.1. The number of nitrogens with one attached hydrogen (secondary N) is 1. The summed E-state index contributed by atoms with van der Waals surface area (Å²) in [6.07, 6.45) is 2.08. The van der Waals surface area contributed by atoms with Crippen molar-refractivity contribution in [3.8, 4) is 0 Å². The molecule has 18 heavy (non-hydrogen) atoms. The largest absolute Gasteiger partial charge is 0.468 e. The molecule has 2 atom stereocenters. The van der Waals surface area contributed by atoms with E-state index in [0.717, 1.165) is 17.7 Å². The minimum absolute atomic E-state index is 0.00528. The number of furan rings is 1. The van der Waals surface area contributed by atoms with Crippen LogP contribution in [0.1, 0.15) is 28.5 Å². The van der Waals surface area contributed by atoms with Crippen LogP contribution in [-0.2, 0) is 13.0 Å². The molecule has 3 rings (SSSR count). The Labute approximate surface area is 106 Å². The van der Waals surface area contributed by atoms with Crippen molar-refractivity contribution < 1.29 is 9.52 Å². The third-order valence-corrected chi connectivity index (χ3v) is 3.65. The van der Waals surface area contributed by atoms with Crippen LogP contribution in [0.5, 0.6) is 0 Å². The summed E-state index contributed by atoms with van der Waals surface area (Å²) in [6.45, 7) is 2.68. The first kappa shape index (κ1) is 11.5. The molecule has 3 heteroatoms. The van der Waals surface area contributed by atoms with Gasteiger partial charge in [0.2, 0.25) is 0 Å². The minimum atomic E-state index is -0.349. The Kier molecular flexibility index (Phi) is 2.94. The smallest absolute Gasteiger partial charge is 0.120 e. The summed E-state index contributed by atoms with van der Waals surface area (Å²) in [5, 5.41) is 13.5. The second-order valence-corrected chi connectivity index (χ2v) is 4.86. The predicted molar refractivity (Wildman–Crippen MR) is 69.2 cm³/mol. The Morgan fingerprint density at radius 1 is 1.33 bits per heavy atom. The Morgan fingerprint density at radius 3 is 2.94 bits per heavy atom. The summed E-state index contributed by atoms with van der Waals surface area (Å²) in [7, 11) is 0. The minimum Gasteiger partial charge on any atom is -0.468 e. The summed E-state index contributed by atoms with van der Waals surface area (Å²) in [5.74, 6) is 0.937. The van der Waals surface area contributed by atoms with Gasteiger partial charge in [0.1, 0.15) is 5.76 Å². The van der Waals surface area contributed by atoms with Gasteiger partial charge >= 0.3 is 0 Å². The van der Waals surface area contributed by atoms with Crippen molar-refractivity contribution in [2.24, 2.45) is 0 Å². The lowest BCUT2D eigenvalue weighted by Crippen LogP contribution is -2.28. The number of aliphatic hydroxyl groups is 1. The zero-order valence-corrected chi connectivity index (χ0v) is 10.4. The van der Waals surface area contributed by atoms with Crippen LogP contribution < -0.4 is 5.32 Å². The van der Waals surface area contributed by atoms with Gasteiger partial charge in [-0.05, 0) is 29.7 Å². The molecule has 1 aromatic heterocycles. The third-order valence-electron chi connectivity index (χ3n) is 3.65. The number of hydrogen-bond donors (Lipinski definition) is 2. The number of aliphatic hydroxyl groups excluding tert-OH is 1. The van der Waals surface area contributed by atoms with Crippen molar-refractivity contribution in [2.45, 2.75) is 32.0 Å². The molecule has 1 aromatic carbocycles. The van der Waals surface area contributed by atoms with Crippen molar-refractivity contribution in [3.05, 3.63) is 59.0 Å². The molecule has 1 aliphatic rings. The molecule has 3 nitrogen and oxygen atoms in total. The maximum absolute atomic E-state index is 10.1. The van der Waals surface area contributed by atoms with Gasteiger partial charge in [-0.25, -0.2) is 0 Å². The second kappa shape index (κ2) is 4.59. The van der Waals surface area contributed by atoms with Crippen LogP contribution in [0.25, 0.3) is 0 Å². The standard InChI is InChI=1S/C15H17NO2/c1-10-6-7-18-14(10)9-16-15-12-5-3-2-4-11(12)8-13(15)17/h2-7,13,15-17H,8-9H2,1H3. The number of aryl methyl sites for hydroxylation is 1. The van der Waals surface area contributed by atoms with Crippen molar-refractivity contribution in [2.75, 3.05) is 0 Å². The lowest BCUT2D eigenvalue weighted by molar-refractivity contribution is 0.139. The molecule has 2 N–H and O–H groups in total. The van der Waals surface area contributed by atoms with Crippen molar-refractivity contribution in [3.63, 3.8) is 0 Å². The SMILES string of the molecule is Cc1ccoc1CNC1c2ccccc2CC1O. The van der Waals surface area contributed by atoms with Crippen molar-refractivity contribution in [1.82, 2.24) is 5.32 Å². The first-order chi connectivity index (χ1) is 8.75. The summed E-state index contributed by atoms with van der Waals surface area (Å²) < 4.78 is 5.40. The highest BCUT2D eigenvalue weighted by Gasteiger charge is 2.30. The fourth-order valence-corrected chi connectivity index (χ4v) is 2.61. The number of rotatable bonds is 3. The van der Waals surface area contributed by atoms with E-state index in [1.54, 1.807) is 6.26 Å². The molecule has 0 aliphatic heterocycles. The molecule has 1 aliphatic carbocycles. The molecule has 0 saturated carbocycles. The summed E-state index contributed by atoms with van der Waals surface area (Å²) in [6, 6.07) is 10.2. The Hall–Kier alpha value is -1.58. The molecule has 0 saturated heterocycles. The van der Waals surface area contributed by atoms with E-state index in [4.69, 9.17) is 4.42 Å². The van der Waals surface area contributed by atoms with Crippen LogP contribution in [0, 0.1) is 6.92 Å². The van der Waals surface area contributed by atoms with Crippen LogP contribution in [0.3, 0.4) is 0 Å². The van der Waals surface area contributed by atoms with E-state index in [1.807, 2.05) is 25.1 Å². The first-order valence-electron chi connectivity index (χ1n) is 6.28. The van der Waals surface area contributed by atoms with E-state index in [2.05, 4.69) is 17.4 Å². The van der Waals surface area contributed by atoms with E-state index in [-0.39, 0.29) is 12.1 Å². The molecule has 0 spiro atoms. The van der Waals surface area contributed by atoms with Gasteiger partial charge in [-0.1, -0.05) is 24.3 Å². The first-order valence-corrected chi connectivity index (χ1v) is 6.28. The van der Waals surface area contributed by atoms with Crippen LogP contribution in [-0.4, -0.2) is 11.2 Å². The monoisotopic (exact) mass is 243 g/mol. The van der Waals surface area contributed by atoms with Gasteiger partial charge in [-0.15, -0.1) is 0 Å². The number of fused-ring (bicyclic) bond motifs is 1. The molecule has 0 bridgehead atoms. The van der Waals surface area contributed by atoms with E-state index >= 15 is 0 Å². The summed E-state index contributed by atoms with van der Waals surface area (Å²) in [5.41, 5.74) is 3.58. The molecule has 94 valence electrons. The molecule has 0 radical (unpaired) electrons. The van der Waals surface area contributed by atoms with Crippen LogP contribution >= 0.6 is 0 Å². The zero-order chi connectivity index (χ0) is 12.5. The third kappa shape index (κ3) is 1.96. The fourth-order valence-electron chi connectivity index (χ4n) is 2.61. The lowest BCUT2D eigenvalue weighted by Gasteiger charge is -2.17. The highest BCUT2D eigenvalue weighted by molar-refractivity contribution is 5.36.